The molecule has 0 spiro atoms. The topological polar surface area (TPSA) is 55.2 Å². The molecule has 1 aromatic heterocycles. The van der Waals surface area contributed by atoms with Crippen molar-refractivity contribution in [1.82, 2.24) is 25.0 Å². The number of methoxy groups -OCH3 is 1. The van der Waals surface area contributed by atoms with E-state index in [1.54, 1.807) is 18.1 Å². The summed E-state index contributed by atoms with van der Waals surface area (Å²) in [6, 6.07) is 0. The van der Waals surface area contributed by atoms with Crippen LogP contribution in [0.2, 0.25) is 0 Å². The van der Waals surface area contributed by atoms with Crippen LogP contribution in [0.5, 0.6) is 0 Å². The van der Waals surface area contributed by atoms with Gasteiger partial charge in [-0.15, -0.1) is 5.10 Å². The predicted molar refractivity (Wildman–Crippen MR) is 86.1 cm³/mol. The van der Waals surface area contributed by atoms with Gasteiger partial charge in [0.25, 0.3) is 0 Å². The number of hydrogen-bond acceptors (Lipinski definition) is 5. The number of aromatic nitrogens is 3. The second-order valence-corrected chi connectivity index (χ2v) is 6.05. The molecule has 6 heteroatoms. The van der Waals surface area contributed by atoms with E-state index in [4.69, 9.17) is 4.74 Å². The summed E-state index contributed by atoms with van der Waals surface area (Å²) in [6.07, 6.45) is 8.32. The van der Waals surface area contributed by atoms with E-state index < -0.39 is 0 Å². The maximum Gasteiger partial charge on any atom is 0.177 e. The van der Waals surface area contributed by atoms with E-state index in [2.05, 4.69) is 45.5 Å². The Balaban J connectivity index is 1.76. The molecule has 0 aromatic carbocycles. The monoisotopic (exact) mass is 303 g/mol. The molecule has 0 saturated carbocycles. The summed E-state index contributed by atoms with van der Waals surface area (Å²) in [4.78, 5) is 7.01. The van der Waals surface area contributed by atoms with Gasteiger partial charge in [-0.25, -0.2) is 9.67 Å². The van der Waals surface area contributed by atoms with Crippen molar-refractivity contribution in [3.63, 3.8) is 0 Å². The lowest BCUT2D eigenvalue weighted by Gasteiger charge is -2.34. The molecule has 0 bridgehead atoms. The SMILES string of the molecule is COCn1cnc(C2=CC=CC(C)C2CN2CCNCC2)n1. The summed E-state index contributed by atoms with van der Waals surface area (Å²) < 4.78 is 6.85. The minimum Gasteiger partial charge on any atom is -0.362 e. The van der Waals surface area contributed by atoms with Crippen LogP contribution >= 0.6 is 0 Å². The summed E-state index contributed by atoms with van der Waals surface area (Å²) in [5.74, 6) is 1.78. The van der Waals surface area contributed by atoms with Gasteiger partial charge in [-0.2, -0.15) is 0 Å². The third kappa shape index (κ3) is 3.45. The van der Waals surface area contributed by atoms with Crippen LogP contribution in [0.15, 0.2) is 24.6 Å². The quantitative estimate of drug-likeness (QED) is 0.879. The molecule has 1 saturated heterocycles. The van der Waals surface area contributed by atoms with Crippen molar-refractivity contribution in [3.8, 4) is 0 Å². The standard InChI is InChI=1S/C16H25N5O/c1-13-4-3-5-14(16-18-11-21(19-16)12-22-2)15(13)10-20-8-6-17-7-9-20/h3-5,11,13,15,17H,6-10,12H2,1-2H3. The Morgan fingerprint density at radius 2 is 2.18 bits per heavy atom. The zero-order valence-electron chi connectivity index (χ0n) is 13.4. The molecular weight excluding hydrogens is 278 g/mol. The minimum absolute atomic E-state index is 0.439. The minimum atomic E-state index is 0.439. The van der Waals surface area contributed by atoms with Crippen molar-refractivity contribution in [2.24, 2.45) is 11.8 Å². The van der Waals surface area contributed by atoms with Crippen molar-refractivity contribution >= 4 is 5.57 Å². The van der Waals surface area contributed by atoms with Gasteiger partial charge in [0, 0.05) is 51.3 Å². The van der Waals surface area contributed by atoms with Crippen LogP contribution in [-0.2, 0) is 11.5 Å². The van der Waals surface area contributed by atoms with Gasteiger partial charge in [0.15, 0.2) is 5.82 Å². The van der Waals surface area contributed by atoms with Crippen LogP contribution in [0.3, 0.4) is 0 Å². The van der Waals surface area contributed by atoms with E-state index in [1.165, 1.54) is 5.57 Å². The molecule has 120 valence electrons. The molecule has 2 unspecified atom stereocenters. The van der Waals surface area contributed by atoms with Crippen molar-refractivity contribution < 1.29 is 4.74 Å². The van der Waals surface area contributed by atoms with Crippen LogP contribution in [0.25, 0.3) is 5.57 Å². The first-order valence-electron chi connectivity index (χ1n) is 7.98. The van der Waals surface area contributed by atoms with E-state index in [1.807, 2.05) is 0 Å². The van der Waals surface area contributed by atoms with Crippen LogP contribution < -0.4 is 5.32 Å². The van der Waals surface area contributed by atoms with Gasteiger partial charge in [0.2, 0.25) is 0 Å². The summed E-state index contributed by atoms with van der Waals surface area (Å²) in [7, 11) is 1.67. The summed E-state index contributed by atoms with van der Waals surface area (Å²) in [6.45, 7) is 8.18. The molecule has 2 heterocycles. The smallest absolute Gasteiger partial charge is 0.177 e. The zero-order valence-corrected chi connectivity index (χ0v) is 13.4. The van der Waals surface area contributed by atoms with Crippen LogP contribution in [0.1, 0.15) is 12.7 Å². The largest absolute Gasteiger partial charge is 0.362 e. The van der Waals surface area contributed by atoms with E-state index in [0.717, 1.165) is 38.5 Å². The van der Waals surface area contributed by atoms with Gasteiger partial charge >= 0.3 is 0 Å². The lowest BCUT2D eigenvalue weighted by Crippen LogP contribution is -2.46. The average molecular weight is 303 g/mol. The Morgan fingerprint density at radius 3 is 2.95 bits per heavy atom. The Morgan fingerprint density at radius 1 is 1.36 bits per heavy atom. The summed E-state index contributed by atoms with van der Waals surface area (Å²) in [5, 5.41) is 7.96. The molecule has 1 aliphatic heterocycles. The molecule has 1 aliphatic carbocycles. The lowest BCUT2D eigenvalue weighted by molar-refractivity contribution is 0.120. The number of nitrogens with one attached hydrogen (secondary N) is 1. The fourth-order valence-corrected chi connectivity index (χ4v) is 3.17. The Bertz CT molecular complexity index is 544. The Labute approximate surface area is 131 Å². The van der Waals surface area contributed by atoms with E-state index >= 15 is 0 Å². The van der Waals surface area contributed by atoms with Gasteiger partial charge in [0.05, 0.1) is 0 Å². The molecular formula is C16H25N5O. The number of piperazine rings is 1. The third-order valence-electron chi connectivity index (χ3n) is 4.45. The molecule has 1 fully saturated rings. The molecule has 1 N–H and O–H groups in total. The van der Waals surface area contributed by atoms with E-state index in [-0.39, 0.29) is 0 Å². The highest BCUT2D eigenvalue weighted by molar-refractivity contribution is 5.65. The molecule has 1 aromatic rings. The molecule has 22 heavy (non-hydrogen) atoms. The van der Waals surface area contributed by atoms with E-state index in [9.17, 15) is 0 Å². The van der Waals surface area contributed by atoms with Crippen LogP contribution in [-0.4, -0.2) is 59.5 Å². The van der Waals surface area contributed by atoms with Crippen molar-refractivity contribution in [3.05, 3.63) is 30.4 Å². The average Bonchev–Trinajstić information content (AvgIpc) is 2.99. The maximum atomic E-state index is 5.11. The van der Waals surface area contributed by atoms with Crippen molar-refractivity contribution in [2.45, 2.75) is 13.7 Å². The molecule has 2 atom stereocenters. The molecule has 0 radical (unpaired) electrons. The van der Waals surface area contributed by atoms with Crippen LogP contribution in [0.4, 0.5) is 0 Å². The maximum absolute atomic E-state index is 5.11. The Hall–Kier alpha value is -1.50. The Kier molecular flexibility index (Phi) is 5.02. The fourth-order valence-electron chi connectivity index (χ4n) is 3.17. The number of nitrogens with zero attached hydrogens (tertiary/aromatic N) is 4. The second kappa shape index (κ2) is 7.17. The van der Waals surface area contributed by atoms with Gasteiger partial charge in [-0.3, -0.25) is 0 Å². The number of allylic oxidation sites excluding steroid dienone is 3. The number of rotatable bonds is 5. The predicted octanol–water partition coefficient (Wildman–Crippen LogP) is 0.993. The lowest BCUT2D eigenvalue weighted by atomic mass is 9.82. The first-order chi connectivity index (χ1) is 10.8. The molecule has 0 amide bonds. The number of ether oxygens (including phenoxy) is 1. The van der Waals surface area contributed by atoms with Gasteiger partial charge < -0.3 is 15.0 Å². The zero-order chi connectivity index (χ0) is 15.4. The summed E-state index contributed by atoms with van der Waals surface area (Å²) in [5.41, 5.74) is 1.24. The third-order valence-corrected chi connectivity index (χ3v) is 4.45. The summed E-state index contributed by atoms with van der Waals surface area (Å²) >= 11 is 0. The van der Waals surface area contributed by atoms with Gasteiger partial charge in [-0.05, 0) is 5.92 Å². The van der Waals surface area contributed by atoms with E-state index in [0.29, 0.717) is 18.6 Å². The van der Waals surface area contributed by atoms with Gasteiger partial charge in [0.1, 0.15) is 13.1 Å². The first kappa shape index (κ1) is 15.4. The number of hydrogen-bond donors (Lipinski definition) is 1. The first-order valence-corrected chi connectivity index (χ1v) is 7.98. The highest BCUT2D eigenvalue weighted by atomic mass is 16.5. The molecule has 2 aliphatic rings. The van der Waals surface area contributed by atoms with Crippen molar-refractivity contribution in [2.75, 3.05) is 39.8 Å². The highest BCUT2D eigenvalue weighted by Gasteiger charge is 2.28. The molecule has 3 rings (SSSR count). The van der Waals surface area contributed by atoms with Gasteiger partial charge in [-0.1, -0.05) is 25.2 Å². The molecule has 6 nitrogen and oxygen atoms in total. The van der Waals surface area contributed by atoms with Crippen molar-refractivity contribution in [1.29, 1.82) is 0 Å². The fraction of sp³-hybridized carbons (Fsp3) is 0.625. The highest BCUT2D eigenvalue weighted by Crippen LogP contribution is 2.32. The van der Waals surface area contributed by atoms with Crippen LogP contribution in [0, 0.1) is 11.8 Å². The second-order valence-electron chi connectivity index (χ2n) is 6.05. The normalized spacial score (nSPS) is 26.2.